The molecule has 1 heterocycles. The molecule has 0 bridgehead atoms. The molecule has 1 unspecified atom stereocenters. The SMILES string of the molecule is CC(C)(C)C1CCc2[nH]nc(-c3ccccc3N)c2C1. The number of rotatable bonds is 1. The fraction of sp³-hybridized carbons (Fsp3) is 0.471. The quantitative estimate of drug-likeness (QED) is 0.773. The predicted molar refractivity (Wildman–Crippen MR) is 83.4 cm³/mol. The Balaban J connectivity index is 2.02. The molecule has 0 spiro atoms. The van der Waals surface area contributed by atoms with Crippen molar-refractivity contribution in [2.75, 3.05) is 5.73 Å². The number of benzene rings is 1. The number of aryl methyl sites for hydroxylation is 1. The van der Waals surface area contributed by atoms with E-state index in [4.69, 9.17) is 5.73 Å². The third-order valence-electron chi connectivity index (χ3n) is 4.59. The summed E-state index contributed by atoms with van der Waals surface area (Å²) in [5.41, 5.74) is 12.0. The van der Waals surface area contributed by atoms with E-state index in [1.54, 1.807) is 0 Å². The first-order valence-corrected chi connectivity index (χ1v) is 7.38. The first-order valence-electron chi connectivity index (χ1n) is 7.38. The minimum absolute atomic E-state index is 0.342. The van der Waals surface area contributed by atoms with Gasteiger partial charge in [0.1, 0.15) is 0 Å². The Hall–Kier alpha value is -1.77. The Morgan fingerprint density at radius 3 is 2.70 bits per heavy atom. The first kappa shape index (κ1) is 13.2. The first-order chi connectivity index (χ1) is 9.47. The van der Waals surface area contributed by atoms with Crippen LogP contribution in [0.5, 0.6) is 0 Å². The number of nitrogen functional groups attached to an aromatic ring is 1. The number of nitrogens with one attached hydrogen (secondary N) is 1. The Bertz CT molecular complexity index is 619. The predicted octanol–water partition coefficient (Wildman–Crippen LogP) is 3.81. The lowest BCUT2D eigenvalue weighted by atomic mass is 9.71. The number of nitrogens with zero attached hydrogens (tertiary/aromatic N) is 1. The van der Waals surface area contributed by atoms with Crippen LogP contribution in [0.4, 0.5) is 5.69 Å². The molecule has 3 nitrogen and oxygen atoms in total. The number of aromatic nitrogens is 2. The third kappa shape index (κ3) is 2.21. The van der Waals surface area contributed by atoms with E-state index in [0.717, 1.165) is 29.8 Å². The van der Waals surface area contributed by atoms with Gasteiger partial charge in [-0.05, 0) is 36.7 Å². The van der Waals surface area contributed by atoms with Gasteiger partial charge in [0, 0.05) is 22.5 Å². The molecule has 1 aliphatic carbocycles. The summed E-state index contributed by atoms with van der Waals surface area (Å²) in [5, 5.41) is 7.76. The van der Waals surface area contributed by atoms with Crippen molar-refractivity contribution in [1.29, 1.82) is 0 Å². The molecule has 3 N–H and O–H groups in total. The van der Waals surface area contributed by atoms with Gasteiger partial charge in [-0.25, -0.2) is 0 Å². The van der Waals surface area contributed by atoms with Crippen LogP contribution in [0.3, 0.4) is 0 Å². The molecule has 106 valence electrons. The Kier molecular flexibility index (Phi) is 3.08. The lowest BCUT2D eigenvalue weighted by Crippen LogP contribution is -2.26. The number of para-hydroxylation sites is 1. The summed E-state index contributed by atoms with van der Waals surface area (Å²) in [4.78, 5) is 0. The van der Waals surface area contributed by atoms with E-state index in [0.29, 0.717) is 11.3 Å². The monoisotopic (exact) mass is 269 g/mol. The second kappa shape index (κ2) is 4.65. The number of fused-ring (bicyclic) bond motifs is 1. The summed E-state index contributed by atoms with van der Waals surface area (Å²) in [7, 11) is 0. The van der Waals surface area contributed by atoms with Crippen LogP contribution in [0.15, 0.2) is 24.3 Å². The molecule has 0 fully saturated rings. The van der Waals surface area contributed by atoms with Gasteiger partial charge >= 0.3 is 0 Å². The highest BCUT2D eigenvalue weighted by molar-refractivity contribution is 5.76. The van der Waals surface area contributed by atoms with Gasteiger partial charge in [0.25, 0.3) is 0 Å². The standard InChI is InChI=1S/C17H23N3/c1-17(2,3)11-8-9-15-13(10-11)16(20-19-15)12-6-4-5-7-14(12)18/h4-7,11H,8-10,18H2,1-3H3,(H,19,20). The van der Waals surface area contributed by atoms with Crippen LogP contribution in [-0.2, 0) is 12.8 Å². The molecule has 1 aromatic carbocycles. The van der Waals surface area contributed by atoms with Crippen molar-refractivity contribution in [3.8, 4) is 11.3 Å². The highest BCUT2D eigenvalue weighted by atomic mass is 15.1. The van der Waals surface area contributed by atoms with Crippen LogP contribution in [0.1, 0.15) is 38.4 Å². The highest BCUT2D eigenvalue weighted by Crippen LogP contribution is 2.40. The van der Waals surface area contributed by atoms with E-state index in [9.17, 15) is 0 Å². The van der Waals surface area contributed by atoms with Crippen molar-refractivity contribution in [1.82, 2.24) is 10.2 Å². The lowest BCUT2D eigenvalue weighted by molar-refractivity contribution is 0.216. The summed E-state index contributed by atoms with van der Waals surface area (Å²) < 4.78 is 0. The maximum absolute atomic E-state index is 6.11. The van der Waals surface area contributed by atoms with Crippen LogP contribution in [0, 0.1) is 11.3 Å². The van der Waals surface area contributed by atoms with Crippen molar-refractivity contribution in [3.05, 3.63) is 35.5 Å². The normalized spacial score (nSPS) is 18.9. The van der Waals surface area contributed by atoms with Gasteiger partial charge in [-0.3, -0.25) is 5.10 Å². The van der Waals surface area contributed by atoms with E-state index in [1.807, 2.05) is 18.2 Å². The van der Waals surface area contributed by atoms with E-state index in [1.165, 1.54) is 17.7 Å². The molecule has 3 rings (SSSR count). The summed E-state index contributed by atoms with van der Waals surface area (Å²) in [6, 6.07) is 8.00. The molecule has 0 aliphatic heterocycles. The minimum Gasteiger partial charge on any atom is -0.398 e. The second-order valence-corrected chi connectivity index (χ2v) is 6.92. The van der Waals surface area contributed by atoms with Gasteiger partial charge in [0.15, 0.2) is 0 Å². The fourth-order valence-corrected chi connectivity index (χ4v) is 3.17. The van der Waals surface area contributed by atoms with E-state index in [2.05, 4.69) is 37.0 Å². The number of hydrogen-bond donors (Lipinski definition) is 2. The van der Waals surface area contributed by atoms with Crippen LogP contribution >= 0.6 is 0 Å². The molecule has 20 heavy (non-hydrogen) atoms. The second-order valence-electron chi connectivity index (χ2n) is 6.92. The molecule has 0 radical (unpaired) electrons. The zero-order valence-corrected chi connectivity index (χ0v) is 12.5. The highest BCUT2D eigenvalue weighted by Gasteiger charge is 2.31. The number of H-pyrrole nitrogens is 1. The molecule has 1 atom stereocenters. The number of hydrogen-bond acceptors (Lipinski definition) is 2. The summed E-state index contributed by atoms with van der Waals surface area (Å²) in [5.74, 6) is 0.705. The van der Waals surface area contributed by atoms with Crippen LogP contribution in [0.2, 0.25) is 0 Å². The van der Waals surface area contributed by atoms with Crippen molar-refractivity contribution >= 4 is 5.69 Å². The van der Waals surface area contributed by atoms with E-state index >= 15 is 0 Å². The van der Waals surface area contributed by atoms with Gasteiger partial charge in [0.2, 0.25) is 0 Å². The number of nitrogens with two attached hydrogens (primary N) is 1. The van der Waals surface area contributed by atoms with Crippen LogP contribution in [-0.4, -0.2) is 10.2 Å². The van der Waals surface area contributed by atoms with E-state index < -0.39 is 0 Å². The fourth-order valence-electron chi connectivity index (χ4n) is 3.17. The Morgan fingerprint density at radius 1 is 1.25 bits per heavy atom. The molecular formula is C17H23N3. The zero-order chi connectivity index (χ0) is 14.3. The number of aromatic amines is 1. The van der Waals surface area contributed by atoms with Gasteiger partial charge < -0.3 is 5.73 Å². The average molecular weight is 269 g/mol. The lowest BCUT2D eigenvalue weighted by Gasteiger charge is -2.33. The largest absolute Gasteiger partial charge is 0.398 e. The van der Waals surface area contributed by atoms with Gasteiger partial charge in [-0.1, -0.05) is 39.0 Å². The van der Waals surface area contributed by atoms with Crippen LogP contribution < -0.4 is 5.73 Å². The molecule has 0 saturated carbocycles. The minimum atomic E-state index is 0.342. The van der Waals surface area contributed by atoms with Crippen molar-refractivity contribution in [3.63, 3.8) is 0 Å². The molecular weight excluding hydrogens is 246 g/mol. The number of anilines is 1. The summed E-state index contributed by atoms with van der Waals surface area (Å²) in [6.45, 7) is 7.00. The molecule has 2 aromatic rings. The zero-order valence-electron chi connectivity index (χ0n) is 12.5. The van der Waals surface area contributed by atoms with Crippen molar-refractivity contribution in [2.24, 2.45) is 11.3 Å². The van der Waals surface area contributed by atoms with Gasteiger partial charge in [-0.2, -0.15) is 5.10 Å². The molecule has 1 aromatic heterocycles. The van der Waals surface area contributed by atoms with E-state index in [-0.39, 0.29) is 0 Å². The average Bonchev–Trinajstić information content (AvgIpc) is 2.81. The van der Waals surface area contributed by atoms with Gasteiger partial charge in [0.05, 0.1) is 5.69 Å². The third-order valence-corrected chi connectivity index (χ3v) is 4.59. The molecule has 3 heteroatoms. The summed E-state index contributed by atoms with van der Waals surface area (Å²) in [6.07, 6.45) is 3.43. The maximum Gasteiger partial charge on any atom is 0.0976 e. The Morgan fingerprint density at radius 2 is 2.00 bits per heavy atom. The topological polar surface area (TPSA) is 54.7 Å². The Labute approximate surface area is 120 Å². The summed E-state index contributed by atoms with van der Waals surface area (Å²) >= 11 is 0. The maximum atomic E-state index is 6.11. The van der Waals surface area contributed by atoms with Crippen LogP contribution in [0.25, 0.3) is 11.3 Å². The van der Waals surface area contributed by atoms with Crippen molar-refractivity contribution in [2.45, 2.75) is 40.0 Å². The molecule has 0 saturated heterocycles. The molecule has 1 aliphatic rings. The smallest absolute Gasteiger partial charge is 0.0976 e. The van der Waals surface area contributed by atoms with Crippen molar-refractivity contribution < 1.29 is 0 Å². The van der Waals surface area contributed by atoms with Gasteiger partial charge in [-0.15, -0.1) is 0 Å². The molecule has 0 amide bonds.